The average Bonchev–Trinajstić information content (AvgIpc) is 2.43. The molecule has 0 bridgehead atoms. The van der Waals surface area contributed by atoms with Crippen LogP contribution in [0.15, 0.2) is 18.2 Å². The molecule has 0 atom stereocenters. The van der Waals surface area contributed by atoms with Gasteiger partial charge in [-0.2, -0.15) is 0 Å². The fraction of sp³-hybridized carbons (Fsp3) is 0.250. The SMILES string of the molecule is Cc1c(CC(N)=O)c2ccc(Cl)cc2n1C. The van der Waals surface area contributed by atoms with Gasteiger partial charge in [0, 0.05) is 28.7 Å². The second-order valence-electron chi connectivity index (χ2n) is 3.93. The first-order chi connectivity index (χ1) is 7.50. The van der Waals surface area contributed by atoms with E-state index in [0.29, 0.717) is 5.02 Å². The third-order valence-electron chi connectivity index (χ3n) is 2.94. The first-order valence-corrected chi connectivity index (χ1v) is 5.40. The van der Waals surface area contributed by atoms with E-state index in [0.717, 1.165) is 22.2 Å². The molecule has 0 aliphatic heterocycles. The van der Waals surface area contributed by atoms with Crippen LogP contribution in [0.4, 0.5) is 0 Å². The predicted octanol–water partition coefficient (Wildman–Crippen LogP) is 2.17. The molecule has 0 saturated carbocycles. The van der Waals surface area contributed by atoms with Gasteiger partial charge in [0.25, 0.3) is 0 Å². The standard InChI is InChI=1S/C12H13ClN2O/c1-7-10(6-12(14)16)9-4-3-8(13)5-11(9)15(7)2/h3-5H,6H2,1-2H3,(H2,14,16). The predicted molar refractivity (Wildman–Crippen MR) is 65.6 cm³/mol. The van der Waals surface area contributed by atoms with E-state index in [-0.39, 0.29) is 12.3 Å². The summed E-state index contributed by atoms with van der Waals surface area (Å²) in [5.41, 5.74) is 8.32. The Morgan fingerprint density at radius 2 is 2.19 bits per heavy atom. The Morgan fingerprint density at radius 1 is 1.50 bits per heavy atom. The summed E-state index contributed by atoms with van der Waals surface area (Å²) in [4.78, 5) is 11.0. The van der Waals surface area contributed by atoms with Gasteiger partial charge in [0.1, 0.15) is 0 Å². The van der Waals surface area contributed by atoms with Gasteiger partial charge in [-0.1, -0.05) is 17.7 Å². The summed E-state index contributed by atoms with van der Waals surface area (Å²) in [5, 5.41) is 1.74. The molecule has 1 amide bonds. The maximum Gasteiger partial charge on any atom is 0.221 e. The van der Waals surface area contributed by atoms with Crippen LogP contribution in [0.1, 0.15) is 11.3 Å². The summed E-state index contributed by atoms with van der Waals surface area (Å²) >= 11 is 5.95. The molecule has 0 radical (unpaired) electrons. The van der Waals surface area contributed by atoms with Crippen molar-refractivity contribution in [2.75, 3.05) is 0 Å². The van der Waals surface area contributed by atoms with Gasteiger partial charge in [0.15, 0.2) is 0 Å². The summed E-state index contributed by atoms with van der Waals surface area (Å²) in [6, 6.07) is 5.66. The molecule has 0 spiro atoms. The van der Waals surface area contributed by atoms with Gasteiger partial charge in [-0.25, -0.2) is 0 Å². The number of rotatable bonds is 2. The number of nitrogens with zero attached hydrogens (tertiary/aromatic N) is 1. The van der Waals surface area contributed by atoms with Crippen molar-refractivity contribution in [3.05, 3.63) is 34.5 Å². The molecule has 2 N–H and O–H groups in total. The van der Waals surface area contributed by atoms with Gasteiger partial charge in [0.2, 0.25) is 5.91 Å². The van der Waals surface area contributed by atoms with E-state index in [1.54, 1.807) is 0 Å². The normalized spacial score (nSPS) is 10.9. The van der Waals surface area contributed by atoms with Crippen LogP contribution in [0, 0.1) is 6.92 Å². The summed E-state index contributed by atoms with van der Waals surface area (Å²) in [7, 11) is 1.96. The van der Waals surface area contributed by atoms with Gasteiger partial charge in [-0.05, 0) is 24.6 Å². The van der Waals surface area contributed by atoms with Gasteiger partial charge < -0.3 is 10.3 Å². The number of hydrogen-bond donors (Lipinski definition) is 1. The molecule has 0 aliphatic rings. The van der Waals surface area contributed by atoms with Crippen LogP contribution in [-0.4, -0.2) is 10.5 Å². The largest absolute Gasteiger partial charge is 0.369 e. The molecular formula is C12H13ClN2O. The molecule has 2 aromatic rings. The Bertz CT molecular complexity index is 572. The molecule has 0 fully saturated rings. The van der Waals surface area contributed by atoms with E-state index >= 15 is 0 Å². The molecule has 3 nitrogen and oxygen atoms in total. The summed E-state index contributed by atoms with van der Waals surface area (Å²) in [6.07, 6.45) is 0.269. The number of nitrogens with two attached hydrogens (primary N) is 1. The minimum atomic E-state index is -0.314. The van der Waals surface area contributed by atoms with Crippen molar-refractivity contribution >= 4 is 28.4 Å². The minimum absolute atomic E-state index is 0.269. The number of aromatic nitrogens is 1. The lowest BCUT2D eigenvalue weighted by atomic mass is 10.1. The molecule has 1 aromatic carbocycles. The van der Waals surface area contributed by atoms with E-state index < -0.39 is 0 Å². The number of halogens is 1. The lowest BCUT2D eigenvalue weighted by Gasteiger charge is -1.99. The number of benzene rings is 1. The lowest BCUT2D eigenvalue weighted by molar-refractivity contribution is -0.117. The third kappa shape index (κ3) is 1.67. The number of fused-ring (bicyclic) bond motifs is 1. The van der Waals surface area contributed by atoms with Crippen LogP contribution >= 0.6 is 11.6 Å². The van der Waals surface area contributed by atoms with E-state index in [9.17, 15) is 4.79 Å². The van der Waals surface area contributed by atoms with Crippen molar-refractivity contribution in [2.24, 2.45) is 12.8 Å². The average molecular weight is 237 g/mol. The molecule has 0 saturated heterocycles. The number of carbonyl (C=O) groups is 1. The molecule has 0 unspecified atom stereocenters. The van der Waals surface area contributed by atoms with Gasteiger partial charge >= 0.3 is 0 Å². The number of primary amides is 1. The first kappa shape index (κ1) is 11.0. The summed E-state index contributed by atoms with van der Waals surface area (Å²) in [6.45, 7) is 1.98. The second kappa shape index (κ2) is 3.83. The zero-order chi connectivity index (χ0) is 11.9. The zero-order valence-electron chi connectivity index (χ0n) is 9.25. The van der Waals surface area contributed by atoms with Crippen LogP contribution in [0.2, 0.25) is 5.02 Å². The molecule has 1 heterocycles. The van der Waals surface area contributed by atoms with Crippen LogP contribution in [-0.2, 0) is 18.3 Å². The second-order valence-corrected chi connectivity index (χ2v) is 4.36. The zero-order valence-corrected chi connectivity index (χ0v) is 10.0. The Balaban J connectivity index is 2.73. The van der Waals surface area contributed by atoms with Crippen LogP contribution < -0.4 is 5.73 Å². The van der Waals surface area contributed by atoms with Crippen molar-refractivity contribution in [2.45, 2.75) is 13.3 Å². The Labute approximate surface area is 98.8 Å². The molecule has 4 heteroatoms. The number of aryl methyl sites for hydroxylation is 1. The molecule has 16 heavy (non-hydrogen) atoms. The highest BCUT2D eigenvalue weighted by Gasteiger charge is 2.13. The highest BCUT2D eigenvalue weighted by atomic mass is 35.5. The van der Waals surface area contributed by atoms with Crippen molar-refractivity contribution < 1.29 is 4.79 Å². The molecule has 2 rings (SSSR count). The third-order valence-corrected chi connectivity index (χ3v) is 3.17. The van der Waals surface area contributed by atoms with Crippen molar-refractivity contribution in [3.8, 4) is 0 Å². The van der Waals surface area contributed by atoms with Crippen LogP contribution in [0.25, 0.3) is 10.9 Å². The topological polar surface area (TPSA) is 48.0 Å². The molecule has 0 aliphatic carbocycles. The van der Waals surface area contributed by atoms with Gasteiger partial charge in [0.05, 0.1) is 6.42 Å². The van der Waals surface area contributed by atoms with E-state index in [1.165, 1.54) is 0 Å². The highest BCUT2D eigenvalue weighted by Crippen LogP contribution is 2.27. The summed E-state index contributed by atoms with van der Waals surface area (Å²) < 4.78 is 2.03. The molecule has 1 aromatic heterocycles. The fourth-order valence-corrected chi connectivity index (χ4v) is 2.18. The highest BCUT2D eigenvalue weighted by molar-refractivity contribution is 6.31. The quantitative estimate of drug-likeness (QED) is 0.854. The number of amides is 1. The monoisotopic (exact) mass is 236 g/mol. The van der Waals surface area contributed by atoms with E-state index in [2.05, 4.69) is 0 Å². The van der Waals surface area contributed by atoms with Crippen LogP contribution in [0.5, 0.6) is 0 Å². The van der Waals surface area contributed by atoms with Crippen LogP contribution in [0.3, 0.4) is 0 Å². The first-order valence-electron chi connectivity index (χ1n) is 5.02. The number of carbonyl (C=O) groups excluding carboxylic acids is 1. The van der Waals surface area contributed by atoms with E-state index in [1.807, 2.05) is 36.7 Å². The number of hydrogen-bond acceptors (Lipinski definition) is 1. The Kier molecular flexibility index (Phi) is 2.64. The van der Waals surface area contributed by atoms with Gasteiger partial charge in [-0.3, -0.25) is 4.79 Å². The maximum atomic E-state index is 11.0. The van der Waals surface area contributed by atoms with Crippen molar-refractivity contribution in [1.82, 2.24) is 4.57 Å². The maximum absolute atomic E-state index is 11.0. The van der Waals surface area contributed by atoms with Crippen molar-refractivity contribution in [1.29, 1.82) is 0 Å². The Hall–Kier alpha value is -1.48. The molecule has 84 valence electrons. The van der Waals surface area contributed by atoms with Gasteiger partial charge in [-0.15, -0.1) is 0 Å². The minimum Gasteiger partial charge on any atom is -0.369 e. The summed E-state index contributed by atoms with van der Waals surface area (Å²) in [5.74, 6) is -0.314. The fourth-order valence-electron chi connectivity index (χ4n) is 2.01. The Morgan fingerprint density at radius 3 is 2.81 bits per heavy atom. The van der Waals surface area contributed by atoms with Crippen molar-refractivity contribution in [3.63, 3.8) is 0 Å². The van der Waals surface area contributed by atoms with E-state index in [4.69, 9.17) is 17.3 Å². The lowest BCUT2D eigenvalue weighted by Crippen LogP contribution is -2.14. The molecular weight excluding hydrogens is 224 g/mol. The smallest absolute Gasteiger partial charge is 0.221 e.